The van der Waals surface area contributed by atoms with Crippen molar-refractivity contribution >= 4 is 35.5 Å². The number of carbonyl (C=O) groups is 3. The van der Waals surface area contributed by atoms with Gasteiger partial charge < -0.3 is 16.2 Å². The summed E-state index contributed by atoms with van der Waals surface area (Å²) >= 11 is 5.90. The maximum Gasteiger partial charge on any atom is 0.328 e. The van der Waals surface area contributed by atoms with E-state index in [0.29, 0.717) is 5.56 Å². The molecular formula is C12H11ClN2O4. The van der Waals surface area contributed by atoms with Gasteiger partial charge >= 0.3 is 5.97 Å². The van der Waals surface area contributed by atoms with Crippen molar-refractivity contribution in [3.8, 4) is 0 Å². The Labute approximate surface area is 113 Å². The number of benzene rings is 1. The Morgan fingerprint density at radius 1 is 1.37 bits per heavy atom. The molecule has 100 valence electrons. The standard InChI is InChI=1S/C12H11ClN2O4/c13-9-5-8(12(19)15-6-10(14)16)2-1-7(9)3-4-11(17)18/h1-5H,6H2,(H2,14,16)(H,15,19)(H,17,18)/b4-3+. The zero-order valence-electron chi connectivity index (χ0n) is 9.72. The summed E-state index contributed by atoms with van der Waals surface area (Å²) in [5, 5.41) is 11.0. The second-order valence-corrected chi connectivity index (χ2v) is 3.96. The van der Waals surface area contributed by atoms with Crippen LogP contribution in [0.25, 0.3) is 6.08 Å². The Balaban J connectivity index is 2.84. The molecule has 0 bridgehead atoms. The zero-order chi connectivity index (χ0) is 14.4. The van der Waals surface area contributed by atoms with E-state index in [2.05, 4.69) is 5.32 Å². The molecule has 0 aromatic heterocycles. The average Bonchev–Trinajstić information content (AvgIpc) is 2.34. The number of halogens is 1. The average molecular weight is 283 g/mol. The predicted molar refractivity (Wildman–Crippen MR) is 69.6 cm³/mol. The highest BCUT2D eigenvalue weighted by molar-refractivity contribution is 6.32. The molecular weight excluding hydrogens is 272 g/mol. The Kier molecular flexibility index (Phi) is 5.08. The van der Waals surface area contributed by atoms with Gasteiger partial charge in [-0.15, -0.1) is 0 Å². The van der Waals surface area contributed by atoms with Crippen LogP contribution in [-0.4, -0.2) is 29.4 Å². The second-order valence-electron chi connectivity index (χ2n) is 3.56. The quantitative estimate of drug-likeness (QED) is 0.689. The Hall–Kier alpha value is -2.34. The van der Waals surface area contributed by atoms with Gasteiger partial charge in [0.2, 0.25) is 5.91 Å². The number of carboxylic acid groups (broad SMARTS) is 1. The molecule has 0 heterocycles. The van der Waals surface area contributed by atoms with E-state index in [0.717, 1.165) is 6.08 Å². The molecule has 2 amide bonds. The molecule has 1 aromatic rings. The molecule has 6 nitrogen and oxygen atoms in total. The fourth-order valence-corrected chi connectivity index (χ4v) is 1.48. The van der Waals surface area contributed by atoms with Crippen molar-refractivity contribution in [3.05, 3.63) is 40.4 Å². The molecule has 1 rings (SSSR count). The zero-order valence-corrected chi connectivity index (χ0v) is 10.5. The lowest BCUT2D eigenvalue weighted by molar-refractivity contribution is -0.131. The Bertz CT molecular complexity index is 555. The summed E-state index contributed by atoms with van der Waals surface area (Å²) in [7, 11) is 0. The number of primary amides is 1. The number of hydrogen-bond acceptors (Lipinski definition) is 3. The van der Waals surface area contributed by atoms with Gasteiger partial charge in [0.25, 0.3) is 5.91 Å². The summed E-state index contributed by atoms with van der Waals surface area (Å²) in [6.45, 7) is -0.267. The monoisotopic (exact) mass is 282 g/mol. The molecule has 7 heteroatoms. The minimum atomic E-state index is -1.10. The summed E-state index contributed by atoms with van der Waals surface area (Å²) < 4.78 is 0. The lowest BCUT2D eigenvalue weighted by atomic mass is 10.1. The summed E-state index contributed by atoms with van der Waals surface area (Å²) in [6.07, 6.45) is 2.25. The van der Waals surface area contributed by atoms with Crippen LogP contribution in [0.4, 0.5) is 0 Å². The highest BCUT2D eigenvalue weighted by Gasteiger charge is 2.08. The van der Waals surface area contributed by atoms with Crippen LogP contribution in [-0.2, 0) is 9.59 Å². The van der Waals surface area contributed by atoms with Gasteiger partial charge in [-0.1, -0.05) is 17.7 Å². The maximum atomic E-state index is 11.6. The Morgan fingerprint density at radius 2 is 2.05 bits per heavy atom. The number of aliphatic carboxylic acids is 1. The largest absolute Gasteiger partial charge is 0.478 e. The fraction of sp³-hybridized carbons (Fsp3) is 0.0833. The summed E-state index contributed by atoms with van der Waals surface area (Å²) in [6, 6.07) is 4.34. The number of rotatable bonds is 5. The second kappa shape index (κ2) is 6.55. The predicted octanol–water partition coefficient (Wildman–Crippen LogP) is 0.653. The first-order chi connectivity index (χ1) is 8.90. The molecule has 0 aliphatic rings. The van der Waals surface area contributed by atoms with Gasteiger partial charge in [-0.2, -0.15) is 0 Å². The first-order valence-corrected chi connectivity index (χ1v) is 5.55. The number of nitrogens with one attached hydrogen (secondary N) is 1. The molecule has 0 unspecified atom stereocenters. The van der Waals surface area contributed by atoms with Crippen LogP contribution in [0.15, 0.2) is 24.3 Å². The molecule has 0 saturated heterocycles. The van der Waals surface area contributed by atoms with Gasteiger partial charge in [0.1, 0.15) is 0 Å². The van der Waals surface area contributed by atoms with Crippen LogP contribution in [0.1, 0.15) is 15.9 Å². The van der Waals surface area contributed by atoms with E-state index in [1.807, 2.05) is 0 Å². The Morgan fingerprint density at radius 3 is 2.58 bits per heavy atom. The van der Waals surface area contributed by atoms with Crippen LogP contribution in [0.5, 0.6) is 0 Å². The van der Waals surface area contributed by atoms with E-state index < -0.39 is 17.8 Å². The van der Waals surface area contributed by atoms with E-state index in [-0.39, 0.29) is 17.1 Å². The van der Waals surface area contributed by atoms with Gasteiger partial charge in [-0.3, -0.25) is 9.59 Å². The summed E-state index contributed by atoms with van der Waals surface area (Å²) in [5.74, 6) is -2.24. The van der Waals surface area contributed by atoms with Crippen LogP contribution in [0.2, 0.25) is 5.02 Å². The van der Waals surface area contributed by atoms with E-state index >= 15 is 0 Å². The van der Waals surface area contributed by atoms with Crippen LogP contribution < -0.4 is 11.1 Å². The van der Waals surface area contributed by atoms with Crippen molar-refractivity contribution < 1.29 is 19.5 Å². The van der Waals surface area contributed by atoms with Crippen LogP contribution in [0.3, 0.4) is 0 Å². The van der Waals surface area contributed by atoms with Crippen molar-refractivity contribution in [2.45, 2.75) is 0 Å². The number of carbonyl (C=O) groups excluding carboxylic acids is 2. The lowest BCUT2D eigenvalue weighted by Gasteiger charge is -2.05. The number of amides is 2. The lowest BCUT2D eigenvalue weighted by Crippen LogP contribution is -2.33. The summed E-state index contributed by atoms with van der Waals surface area (Å²) in [5.41, 5.74) is 5.61. The van der Waals surface area contributed by atoms with Crippen molar-refractivity contribution in [2.24, 2.45) is 5.73 Å². The number of carboxylic acids is 1. The van der Waals surface area contributed by atoms with Gasteiger partial charge in [-0.25, -0.2) is 4.79 Å². The minimum absolute atomic E-state index is 0.226. The molecule has 1 aromatic carbocycles. The molecule has 0 spiro atoms. The van der Waals surface area contributed by atoms with Gasteiger partial charge in [-0.05, 0) is 23.8 Å². The SMILES string of the molecule is NC(=O)CNC(=O)c1ccc(/C=C/C(=O)O)c(Cl)c1. The summed E-state index contributed by atoms with van der Waals surface area (Å²) in [4.78, 5) is 32.5. The third-order valence-corrected chi connectivity index (χ3v) is 2.42. The molecule has 0 saturated carbocycles. The van der Waals surface area contributed by atoms with E-state index in [9.17, 15) is 14.4 Å². The highest BCUT2D eigenvalue weighted by Crippen LogP contribution is 2.19. The van der Waals surface area contributed by atoms with Gasteiger partial charge in [0.15, 0.2) is 0 Å². The molecule has 0 aliphatic carbocycles. The highest BCUT2D eigenvalue weighted by atomic mass is 35.5. The maximum absolute atomic E-state index is 11.6. The molecule has 0 atom stereocenters. The van der Waals surface area contributed by atoms with Gasteiger partial charge in [0, 0.05) is 16.7 Å². The van der Waals surface area contributed by atoms with Crippen LogP contribution in [0, 0.1) is 0 Å². The molecule has 0 fully saturated rings. The van der Waals surface area contributed by atoms with E-state index in [1.54, 1.807) is 0 Å². The normalized spacial score (nSPS) is 10.4. The van der Waals surface area contributed by atoms with Crippen molar-refractivity contribution in [1.82, 2.24) is 5.32 Å². The first kappa shape index (κ1) is 14.7. The van der Waals surface area contributed by atoms with Crippen molar-refractivity contribution in [3.63, 3.8) is 0 Å². The number of nitrogens with two attached hydrogens (primary N) is 1. The first-order valence-electron chi connectivity index (χ1n) is 5.17. The molecule has 4 N–H and O–H groups in total. The third kappa shape index (κ3) is 4.81. The minimum Gasteiger partial charge on any atom is -0.478 e. The molecule has 19 heavy (non-hydrogen) atoms. The molecule has 0 aliphatic heterocycles. The number of hydrogen-bond donors (Lipinski definition) is 3. The van der Waals surface area contributed by atoms with Gasteiger partial charge in [0.05, 0.1) is 6.54 Å². The topological polar surface area (TPSA) is 109 Å². The van der Waals surface area contributed by atoms with E-state index in [4.69, 9.17) is 22.4 Å². The smallest absolute Gasteiger partial charge is 0.328 e. The van der Waals surface area contributed by atoms with Crippen molar-refractivity contribution in [2.75, 3.05) is 6.54 Å². The third-order valence-electron chi connectivity index (χ3n) is 2.09. The van der Waals surface area contributed by atoms with E-state index in [1.165, 1.54) is 24.3 Å². The van der Waals surface area contributed by atoms with Crippen LogP contribution >= 0.6 is 11.6 Å². The molecule has 0 radical (unpaired) electrons. The van der Waals surface area contributed by atoms with Crippen molar-refractivity contribution in [1.29, 1.82) is 0 Å². The fourth-order valence-electron chi connectivity index (χ4n) is 1.23.